The van der Waals surface area contributed by atoms with Crippen molar-refractivity contribution in [1.29, 1.82) is 0 Å². The van der Waals surface area contributed by atoms with Crippen LogP contribution in [0, 0.1) is 0 Å². The predicted octanol–water partition coefficient (Wildman–Crippen LogP) is 1.94. The van der Waals surface area contributed by atoms with Crippen molar-refractivity contribution >= 4 is 11.6 Å². The molecule has 0 radical (unpaired) electrons. The third kappa shape index (κ3) is 2.95. The molecule has 2 N–H and O–H groups in total. The van der Waals surface area contributed by atoms with E-state index < -0.39 is 0 Å². The average molecular weight is 272 g/mol. The molecule has 0 amide bonds. The third-order valence-corrected chi connectivity index (χ3v) is 3.70. The fraction of sp³-hybridized carbons (Fsp3) is 0.538. The molecule has 100 valence electrons. The molecule has 0 bridgehead atoms. The van der Waals surface area contributed by atoms with Crippen LogP contribution in [0.2, 0.25) is 5.02 Å². The Hall–Kier alpha value is -0.810. The minimum Gasteiger partial charge on any atom is -0.508 e. The Morgan fingerprint density at radius 2 is 2.39 bits per heavy atom. The van der Waals surface area contributed by atoms with Gasteiger partial charge in [-0.1, -0.05) is 17.7 Å². The number of benzene rings is 1. The van der Waals surface area contributed by atoms with Crippen LogP contribution < -0.4 is 5.32 Å². The van der Waals surface area contributed by atoms with E-state index in [0.29, 0.717) is 30.3 Å². The number of methoxy groups -OCH3 is 1. The van der Waals surface area contributed by atoms with Gasteiger partial charge in [0, 0.05) is 43.8 Å². The van der Waals surface area contributed by atoms with Gasteiger partial charge in [0.1, 0.15) is 11.4 Å². The van der Waals surface area contributed by atoms with Gasteiger partial charge in [-0.15, -0.1) is 0 Å². The van der Waals surface area contributed by atoms with Crippen molar-refractivity contribution in [3.8, 4) is 5.75 Å². The average Bonchev–Trinajstić information content (AvgIpc) is 2.82. The number of aromatic hydroxyl groups is 1. The van der Waals surface area contributed by atoms with E-state index >= 15 is 0 Å². The molecular formula is C13H18ClNO3. The second-order valence-electron chi connectivity index (χ2n) is 4.53. The number of nitrogens with one attached hydrogen (secondary N) is 1. The van der Waals surface area contributed by atoms with Gasteiger partial charge in [0.25, 0.3) is 0 Å². The van der Waals surface area contributed by atoms with Crippen LogP contribution in [-0.2, 0) is 16.0 Å². The Morgan fingerprint density at radius 1 is 1.56 bits per heavy atom. The van der Waals surface area contributed by atoms with Crippen LogP contribution in [0.1, 0.15) is 12.0 Å². The summed E-state index contributed by atoms with van der Waals surface area (Å²) in [5, 5.41) is 13.6. The number of hydrogen-bond donors (Lipinski definition) is 2. The lowest BCUT2D eigenvalue weighted by Crippen LogP contribution is -2.42. The molecule has 1 aliphatic heterocycles. The quantitative estimate of drug-likeness (QED) is 0.859. The van der Waals surface area contributed by atoms with Gasteiger partial charge in [0.2, 0.25) is 0 Å². The molecule has 1 aromatic rings. The zero-order chi connectivity index (χ0) is 13.0. The van der Waals surface area contributed by atoms with Crippen LogP contribution in [-0.4, -0.2) is 37.6 Å². The highest BCUT2D eigenvalue weighted by Gasteiger charge is 2.34. The van der Waals surface area contributed by atoms with Gasteiger partial charge in [0.05, 0.1) is 6.61 Å². The molecule has 1 saturated heterocycles. The van der Waals surface area contributed by atoms with E-state index in [-0.39, 0.29) is 11.4 Å². The van der Waals surface area contributed by atoms with Crippen molar-refractivity contribution in [2.45, 2.75) is 18.6 Å². The van der Waals surface area contributed by atoms with Gasteiger partial charge in [-0.05, 0) is 12.1 Å². The van der Waals surface area contributed by atoms with Crippen LogP contribution in [0.25, 0.3) is 0 Å². The van der Waals surface area contributed by atoms with Crippen molar-refractivity contribution in [3.63, 3.8) is 0 Å². The van der Waals surface area contributed by atoms with E-state index in [1.165, 1.54) is 0 Å². The summed E-state index contributed by atoms with van der Waals surface area (Å²) in [5.74, 6) is 0.212. The van der Waals surface area contributed by atoms with Crippen molar-refractivity contribution in [1.82, 2.24) is 5.32 Å². The molecule has 0 spiro atoms. The Morgan fingerprint density at radius 3 is 3.00 bits per heavy atom. The van der Waals surface area contributed by atoms with E-state index in [1.54, 1.807) is 25.3 Å². The predicted molar refractivity (Wildman–Crippen MR) is 70.0 cm³/mol. The first-order valence-corrected chi connectivity index (χ1v) is 6.35. The highest BCUT2D eigenvalue weighted by Crippen LogP contribution is 2.26. The summed E-state index contributed by atoms with van der Waals surface area (Å²) in [6, 6.07) is 5.12. The van der Waals surface area contributed by atoms with Crippen molar-refractivity contribution in [2.75, 3.05) is 26.9 Å². The summed E-state index contributed by atoms with van der Waals surface area (Å²) < 4.78 is 10.9. The van der Waals surface area contributed by atoms with Crippen LogP contribution in [0.3, 0.4) is 0 Å². The summed E-state index contributed by atoms with van der Waals surface area (Å²) in [5.41, 5.74) is 0.459. The van der Waals surface area contributed by atoms with Crippen LogP contribution in [0.15, 0.2) is 18.2 Å². The van der Waals surface area contributed by atoms with Gasteiger partial charge >= 0.3 is 0 Å². The zero-order valence-electron chi connectivity index (χ0n) is 10.4. The molecule has 18 heavy (non-hydrogen) atoms. The fourth-order valence-electron chi connectivity index (χ4n) is 2.10. The number of phenolic OH excluding ortho intramolecular Hbond substituents is 1. The minimum absolute atomic E-state index is 0.212. The van der Waals surface area contributed by atoms with Crippen molar-refractivity contribution in [3.05, 3.63) is 28.8 Å². The molecule has 1 aromatic carbocycles. The van der Waals surface area contributed by atoms with Crippen LogP contribution in [0.4, 0.5) is 0 Å². The molecule has 2 rings (SSSR count). The fourth-order valence-corrected chi connectivity index (χ4v) is 2.34. The smallest absolute Gasteiger partial charge is 0.121 e. The molecule has 4 nitrogen and oxygen atoms in total. The van der Waals surface area contributed by atoms with Crippen molar-refractivity contribution in [2.24, 2.45) is 0 Å². The molecular weight excluding hydrogens is 254 g/mol. The lowest BCUT2D eigenvalue weighted by molar-refractivity contribution is -0.0159. The maximum Gasteiger partial charge on any atom is 0.121 e. The molecule has 0 saturated carbocycles. The lowest BCUT2D eigenvalue weighted by atomic mass is 10.0. The summed E-state index contributed by atoms with van der Waals surface area (Å²) in [6.07, 6.45) is 0.880. The van der Waals surface area contributed by atoms with E-state index in [1.807, 2.05) is 0 Å². The Kier molecular flexibility index (Phi) is 4.45. The standard InChI is InChI=1S/C13H18ClNO3/c1-17-13(5-6-18-9-13)8-15-7-10-11(14)3-2-4-12(10)16/h2-4,15-16H,5-9H2,1H3. The van der Waals surface area contributed by atoms with Gasteiger partial charge in [-0.2, -0.15) is 0 Å². The maximum absolute atomic E-state index is 9.72. The molecule has 0 aliphatic carbocycles. The summed E-state index contributed by atoms with van der Waals surface area (Å²) in [7, 11) is 1.70. The van der Waals surface area contributed by atoms with E-state index in [2.05, 4.69) is 5.32 Å². The first kappa shape index (κ1) is 13.6. The zero-order valence-corrected chi connectivity index (χ0v) is 11.2. The molecule has 1 atom stereocenters. The Labute approximate surface area is 112 Å². The lowest BCUT2D eigenvalue weighted by Gasteiger charge is -2.26. The monoisotopic (exact) mass is 271 g/mol. The normalized spacial score (nSPS) is 23.4. The van der Waals surface area contributed by atoms with Gasteiger partial charge in [0.15, 0.2) is 0 Å². The highest BCUT2D eigenvalue weighted by molar-refractivity contribution is 6.31. The summed E-state index contributed by atoms with van der Waals surface area (Å²) in [4.78, 5) is 0. The molecule has 1 unspecified atom stereocenters. The second-order valence-corrected chi connectivity index (χ2v) is 4.94. The van der Waals surface area contributed by atoms with Gasteiger partial charge < -0.3 is 19.9 Å². The topological polar surface area (TPSA) is 50.7 Å². The SMILES string of the molecule is COC1(CNCc2c(O)cccc2Cl)CCOC1. The number of ether oxygens (including phenoxy) is 2. The van der Waals surface area contributed by atoms with E-state index in [0.717, 1.165) is 13.0 Å². The Balaban J connectivity index is 1.92. The maximum atomic E-state index is 9.72. The Bertz CT molecular complexity index is 385. The second kappa shape index (κ2) is 5.89. The largest absolute Gasteiger partial charge is 0.508 e. The third-order valence-electron chi connectivity index (χ3n) is 3.34. The number of hydrogen-bond acceptors (Lipinski definition) is 4. The number of halogens is 1. The molecule has 1 aliphatic rings. The molecule has 1 fully saturated rings. The molecule has 0 aromatic heterocycles. The molecule has 1 heterocycles. The number of phenols is 1. The molecule has 5 heteroatoms. The van der Waals surface area contributed by atoms with E-state index in [9.17, 15) is 5.11 Å². The van der Waals surface area contributed by atoms with E-state index in [4.69, 9.17) is 21.1 Å². The minimum atomic E-state index is -0.253. The van der Waals surface area contributed by atoms with Crippen LogP contribution in [0.5, 0.6) is 5.75 Å². The first-order valence-electron chi connectivity index (χ1n) is 5.97. The summed E-state index contributed by atoms with van der Waals surface area (Å²) >= 11 is 6.04. The highest BCUT2D eigenvalue weighted by atomic mass is 35.5. The first-order chi connectivity index (χ1) is 8.67. The number of rotatable bonds is 5. The van der Waals surface area contributed by atoms with Crippen molar-refractivity contribution < 1.29 is 14.6 Å². The van der Waals surface area contributed by atoms with Gasteiger partial charge in [-0.25, -0.2) is 0 Å². The summed E-state index contributed by atoms with van der Waals surface area (Å²) in [6.45, 7) is 2.52. The van der Waals surface area contributed by atoms with Crippen LogP contribution >= 0.6 is 11.6 Å². The van der Waals surface area contributed by atoms with Gasteiger partial charge in [-0.3, -0.25) is 0 Å².